The first kappa shape index (κ1) is 20.0. The molecule has 3 rings (SSSR count). The van der Waals surface area contributed by atoms with Crippen LogP contribution in [-0.4, -0.2) is 34.0 Å². The third-order valence-electron chi connectivity index (χ3n) is 3.71. The second-order valence-electron chi connectivity index (χ2n) is 5.90. The minimum atomic E-state index is -4.42. The highest BCUT2D eigenvalue weighted by Crippen LogP contribution is 2.21. The Morgan fingerprint density at radius 2 is 1.83 bits per heavy atom. The third kappa shape index (κ3) is 4.75. The molecule has 29 heavy (non-hydrogen) atoms. The number of benzene rings is 2. The van der Waals surface area contributed by atoms with Crippen LogP contribution in [0.1, 0.15) is 6.92 Å². The summed E-state index contributed by atoms with van der Waals surface area (Å²) in [6.07, 6.45) is 0. The van der Waals surface area contributed by atoms with Gasteiger partial charge in [0, 0.05) is 5.69 Å². The Morgan fingerprint density at radius 1 is 1.10 bits per heavy atom. The first-order valence-corrected chi connectivity index (χ1v) is 9.50. The molecule has 1 amide bonds. The van der Waals surface area contributed by atoms with Gasteiger partial charge in [-0.2, -0.15) is 13.5 Å². The average molecular weight is 417 g/mol. The van der Waals surface area contributed by atoms with Crippen molar-refractivity contribution < 1.29 is 22.9 Å². The zero-order valence-corrected chi connectivity index (χ0v) is 15.7. The molecule has 0 aliphatic carbocycles. The van der Waals surface area contributed by atoms with Crippen molar-refractivity contribution in [3.05, 3.63) is 64.4 Å². The summed E-state index contributed by atoms with van der Waals surface area (Å²) >= 11 is 0. The molecule has 0 radical (unpaired) electrons. The van der Waals surface area contributed by atoms with E-state index in [0.717, 1.165) is 12.1 Å². The topological polar surface area (TPSA) is 177 Å². The van der Waals surface area contributed by atoms with E-state index in [1.807, 2.05) is 0 Å². The number of hydrogen-bond donors (Lipinski definition) is 5. The van der Waals surface area contributed by atoms with Gasteiger partial charge < -0.3 is 20.4 Å². The Labute approximate surface area is 163 Å². The Bertz CT molecular complexity index is 1320. The Hall–Kier alpha value is -3.77. The lowest BCUT2D eigenvalue weighted by Gasteiger charge is -2.06. The maximum atomic E-state index is 12.4. The highest BCUT2D eigenvalue weighted by Gasteiger charge is 2.15. The quantitative estimate of drug-likeness (QED) is 0.184. The Balaban J connectivity index is 1.84. The number of aromatic nitrogens is 2. The van der Waals surface area contributed by atoms with Crippen LogP contribution >= 0.6 is 0 Å². The van der Waals surface area contributed by atoms with Gasteiger partial charge in [0.1, 0.15) is 5.76 Å². The summed E-state index contributed by atoms with van der Waals surface area (Å²) in [6.45, 7) is 1.23. The third-order valence-corrected chi connectivity index (χ3v) is 4.56. The molecule has 0 aliphatic rings. The van der Waals surface area contributed by atoms with Crippen LogP contribution in [0, 0.1) is 0 Å². The number of nitrogens with one attached hydrogen (secondary N) is 3. The van der Waals surface area contributed by atoms with Crippen molar-refractivity contribution in [2.24, 2.45) is 10.2 Å². The fourth-order valence-electron chi connectivity index (χ4n) is 2.40. The number of anilines is 1. The van der Waals surface area contributed by atoms with Crippen LogP contribution in [0.25, 0.3) is 11.0 Å². The molecule has 0 fully saturated rings. The van der Waals surface area contributed by atoms with Crippen LogP contribution in [0.4, 0.5) is 11.4 Å². The summed E-state index contributed by atoms with van der Waals surface area (Å²) in [5, 5.41) is 19.7. The van der Waals surface area contributed by atoms with Crippen LogP contribution in [0.15, 0.2) is 73.8 Å². The molecule has 0 saturated carbocycles. The zero-order valence-electron chi connectivity index (χ0n) is 14.9. The number of rotatable bonds is 5. The second kappa shape index (κ2) is 7.69. The number of aliphatic hydroxyl groups excluding tert-OH is 1. The van der Waals surface area contributed by atoms with E-state index in [1.54, 1.807) is 12.1 Å². The Kier molecular flexibility index (Phi) is 5.30. The molecule has 1 aromatic heterocycles. The van der Waals surface area contributed by atoms with Gasteiger partial charge in [-0.25, -0.2) is 4.79 Å². The van der Waals surface area contributed by atoms with E-state index in [2.05, 4.69) is 25.5 Å². The minimum Gasteiger partial charge on any atom is -0.510 e. The highest BCUT2D eigenvalue weighted by molar-refractivity contribution is 7.85. The van der Waals surface area contributed by atoms with Gasteiger partial charge in [0.15, 0.2) is 5.70 Å². The zero-order chi connectivity index (χ0) is 21.2. The summed E-state index contributed by atoms with van der Waals surface area (Å²) in [7, 11) is -4.42. The number of amides is 1. The van der Waals surface area contributed by atoms with Crippen molar-refractivity contribution in [1.82, 2.24) is 9.97 Å². The largest absolute Gasteiger partial charge is 0.510 e. The van der Waals surface area contributed by atoms with Crippen molar-refractivity contribution >= 4 is 38.4 Å². The first-order valence-electron chi connectivity index (χ1n) is 8.06. The SMILES string of the molecule is CC(O)=C(N=Nc1cccc(S(=O)(=O)O)c1)C(=O)Nc1ccc2[nH]c(=O)[nH]c2c1. The predicted molar refractivity (Wildman–Crippen MR) is 104 cm³/mol. The molecule has 3 aromatic rings. The van der Waals surface area contributed by atoms with Crippen LogP contribution in [0.2, 0.25) is 0 Å². The summed E-state index contributed by atoms with van der Waals surface area (Å²) < 4.78 is 31.4. The van der Waals surface area contributed by atoms with E-state index >= 15 is 0 Å². The molecule has 11 nitrogen and oxygen atoms in total. The van der Waals surface area contributed by atoms with Gasteiger partial charge in [-0.3, -0.25) is 9.35 Å². The van der Waals surface area contributed by atoms with Gasteiger partial charge in [-0.05, 0) is 43.3 Å². The lowest BCUT2D eigenvalue weighted by atomic mass is 10.2. The molecule has 5 N–H and O–H groups in total. The standard InChI is InChI=1S/C17H15N5O6S/c1-9(23)15(22-21-11-3-2-4-12(7-11)29(26,27)28)16(24)18-10-5-6-13-14(8-10)20-17(25)19-13/h2-8,23H,1H3,(H,18,24)(H2,19,20,25)(H,26,27,28). The highest BCUT2D eigenvalue weighted by atomic mass is 32.2. The number of hydrogen-bond acceptors (Lipinski definition) is 7. The number of H-pyrrole nitrogens is 2. The molecule has 0 aliphatic heterocycles. The van der Waals surface area contributed by atoms with Crippen molar-refractivity contribution in [2.75, 3.05) is 5.32 Å². The summed E-state index contributed by atoms with van der Waals surface area (Å²) in [5.74, 6) is -1.20. The summed E-state index contributed by atoms with van der Waals surface area (Å²) in [4.78, 5) is 28.5. The van der Waals surface area contributed by atoms with E-state index in [9.17, 15) is 23.1 Å². The Morgan fingerprint density at radius 3 is 2.52 bits per heavy atom. The normalized spacial score (nSPS) is 12.9. The summed E-state index contributed by atoms with van der Waals surface area (Å²) in [6, 6.07) is 9.59. The van der Waals surface area contributed by atoms with E-state index in [1.165, 1.54) is 25.1 Å². The van der Waals surface area contributed by atoms with Gasteiger partial charge in [-0.1, -0.05) is 6.07 Å². The number of allylic oxidation sites excluding steroid dienone is 1. The number of carbonyl (C=O) groups is 1. The van der Waals surface area contributed by atoms with E-state index in [0.29, 0.717) is 16.7 Å². The molecule has 2 aromatic carbocycles. The lowest BCUT2D eigenvalue weighted by molar-refractivity contribution is -0.113. The summed E-state index contributed by atoms with van der Waals surface area (Å²) in [5.41, 5.74) is 0.599. The van der Waals surface area contributed by atoms with Crippen molar-refractivity contribution in [3.8, 4) is 0 Å². The number of carbonyl (C=O) groups excluding carboxylic acids is 1. The van der Waals surface area contributed by atoms with Gasteiger partial charge in [0.25, 0.3) is 16.0 Å². The van der Waals surface area contributed by atoms with Crippen molar-refractivity contribution in [3.63, 3.8) is 0 Å². The van der Waals surface area contributed by atoms with E-state index in [-0.39, 0.29) is 5.69 Å². The maximum absolute atomic E-state index is 12.4. The molecule has 1 heterocycles. The lowest BCUT2D eigenvalue weighted by Crippen LogP contribution is -2.14. The number of azo groups is 1. The number of imidazole rings is 1. The smallest absolute Gasteiger partial charge is 0.323 e. The number of fused-ring (bicyclic) bond motifs is 1. The average Bonchev–Trinajstić information content (AvgIpc) is 3.00. The van der Waals surface area contributed by atoms with Crippen LogP contribution in [-0.2, 0) is 14.9 Å². The fraction of sp³-hybridized carbons (Fsp3) is 0.0588. The fourth-order valence-corrected chi connectivity index (χ4v) is 2.92. The molecule has 0 spiro atoms. The van der Waals surface area contributed by atoms with Gasteiger partial charge in [0.2, 0.25) is 0 Å². The number of aliphatic hydroxyl groups is 1. The number of nitrogens with zero attached hydrogens (tertiary/aromatic N) is 2. The molecule has 0 unspecified atom stereocenters. The van der Waals surface area contributed by atoms with Crippen molar-refractivity contribution in [2.45, 2.75) is 11.8 Å². The van der Waals surface area contributed by atoms with Gasteiger partial charge in [-0.15, -0.1) is 5.11 Å². The molecule has 0 atom stereocenters. The van der Waals surface area contributed by atoms with Gasteiger partial charge in [0.05, 0.1) is 21.6 Å². The molecule has 12 heteroatoms. The molecule has 150 valence electrons. The molecular formula is C17H15N5O6S. The second-order valence-corrected chi connectivity index (χ2v) is 7.32. The monoisotopic (exact) mass is 417 g/mol. The molecule has 0 bridgehead atoms. The van der Waals surface area contributed by atoms with E-state index < -0.39 is 38.1 Å². The molecular weight excluding hydrogens is 402 g/mol. The molecule has 0 saturated heterocycles. The van der Waals surface area contributed by atoms with Crippen LogP contribution < -0.4 is 11.0 Å². The van der Waals surface area contributed by atoms with Crippen LogP contribution in [0.5, 0.6) is 0 Å². The van der Waals surface area contributed by atoms with Gasteiger partial charge >= 0.3 is 5.69 Å². The number of aromatic amines is 2. The maximum Gasteiger partial charge on any atom is 0.323 e. The predicted octanol–water partition coefficient (Wildman–Crippen LogP) is 2.61. The van der Waals surface area contributed by atoms with Crippen LogP contribution in [0.3, 0.4) is 0 Å². The first-order chi connectivity index (χ1) is 13.6. The van der Waals surface area contributed by atoms with E-state index in [4.69, 9.17) is 4.55 Å². The van der Waals surface area contributed by atoms with Crippen molar-refractivity contribution in [1.29, 1.82) is 0 Å². The minimum absolute atomic E-state index is 0.0398.